The summed E-state index contributed by atoms with van der Waals surface area (Å²) in [5.74, 6) is -1.27. The highest BCUT2D eigenvalue weighted by molar-refractivity contribution is 6.22. The van der Waals surface area contributed by atoms with Crippen molar-refractivity contribution in [2.75, 3.05) is 4.90 Å². The molecule has 1 aromatic carbocycles. The number of pyridine rings is 1. The molecule has 1 aromatic heterocycles. The van der Waals surface area contributed by atoms with E-state index in [0.717, 1.165) is 42.7 Å². The first kappa shape index (κ1) is 25.5. The van der Waals surface area contributed by atoms with Crippen molar-refractivity contribution < 1.29 is 32.3 Å². The molecule has 36 heavy (non-hydrogen) atoms. The van der Waals surface area contributed by atoms with Gasteiger partial charge in [-0.15, -0.1) is 13.2 Å². The second-order valence-corrected chi connectivity index (χ2v) is 9.47. The fourth-order valence-corrected chi connectivity index (χ4v) is 4.51. The van der Waals surface area contributed by atoms with Crippen molar-refractivity contribution in [2.24, 2.45) is 0 Å². The van der Waals surface area contributed by atoms with Gasteiger partial charge in [-0.2, -0.15) is 0 Å². The molecule has 4 amide bonds. The molecule has 2 aliphatic rings. The maximum atomic E-state index is 13.3. The van der Waals surface area contributed by atoms with Crippen LogP contribution in [0.1, 0.15) is 62.0 Å². The fraction of sp³-hybridized carbons (Fsp3) is 0.440. The molecule has 8 nitrogen and oxygen atoms in total. The summed E-state index contributed by atoms with van der Waals surface area (Å²) in [6, 6.07) is 7.27. The van der Waals surface area contributed by atoms with Gasteiger partial charge >= 0.3 is 12.4 Å². The molecule has 2 fully saturated rings. The Balaban J connectivity index is 1.50. The molecule has 1 aliphatic carbocycles. The number of alkyl halides is 3. The third-order valence-electron chi connectivity index (χ3n) is 6.49. The Morgan fingerprint density at radius 3 is 2.42 bits per heavy atom. The van der Waals surface area contributed by atoms with Gasteiger partial charge in [0.25, 0.3) is 11.8 Å². The largest absolute Gasteiger partial charge is 0.573 e. The topological polar surface area (TPSA) is 91.8 Å². The van der Waals surface area contributed by atoms with E-state index >= 15 is 0 Å². The molecule has 0 atom stereocenters. The highest BCUT2D eigenvalue weighted by Crippen LogP contribution is 2.34. The first-order valence-electron chi connectivity index (χ1n) is 11.7. The molecule has 11 heteroatoms. The Labute approximate surface area is 206 Å². The summed E-state index contributed by atoms with van der Waals surface area (Å²) in [5, 5.41) is 3.01. The smallest absolute Gasteiger partial charge is 0.406 e. The molecule has 0 bridgehead atoms. The van der Waals surface area contributed by atoms with E-state index in [-0.39, 0.29) is 29.9 Å². The van der Waals surface area contributed by atoms with Crippen LogP contribution in [0.15, 0.2) is 42.6 Å². The van der Waals surface area contributed by atoms with E-state index in [2.05, 4.69) is 15.0 Å². The third kappa shape index (κ3) is 5.44. The minimum atomic E-state index is -4.85. The van der Waals surface area contributed by atoms with Crippen LogP contribution in [0.25, 0.3) is 0 Å². The molecule has 1 saturated carbocycles. The molecule has 1 aliphatic heterocycles. The SMILES string of the molecule is CC1(C)C(=O)N(c2ccc(OC(F)(F)F)cc2)C(=O)N1Cc1ccnc(C(=O)NC2CCCCC2)c1. The Hall–Kier alpha value is -3.63. The normalized spacial score (nSPS) is 18.5. The molecule has 1 saturated heterocycles. The van der Waals surface area contributed by atoms with Crippen LogP contribution >= 0.6 is 0 Å². The van der Waals surface area contributed by atoms with Crippen LogP contribution in [0.3, 0.4) is 0 Å². The van der Waals surface area contributed by atoms with Gasteiger partial charge < -0.3 is 15.0 Å². The van der Waals surface area contributed by atoms with E-state index in [9.17, 15) is 27.6 Å². The number of amides is 4. The first-order chi connectivity index (χ1) is 17.0. The molecule has 4 rings (SSSR count). The van der Waals surface area contributed by atoms with Gasteiger partial charge in [-0.1, -0.05) is 19.3 Å². The molecule has 2 heterocycles. The summed E-state index contributed by atoms with van der Waals surface area (Å²) in [6.07, 6.45) is 1.82. The first-order valence-corrected chi connectivity index (χ1v) is 11.7. The van der Waals surface area contributed by atoms with Crippen LogP contribution in [0.5, 0.6) is 5.75 Å². The number of rotatable bonds is 6. The second-order valence-electron chi connectivity index (χ2n) is 9.47. The van der Waals surface area contributed by atoms with E-state index in [1.165, 1.54) is 29.7 Å². The maximum absolute atomic E-state index is 13.3. The molecule has 0 unspecified atom stereocenters. The average molecular weight is 505 g/mol. The number of carbonyl (C=O) groups excluding carboxylic acids is 3. The molecule has 2 aromatic rings. The molecular weight excluding hydrogens is 477 g/mol. The summed E-state index contributed by atoms with van der Waals surface area (Å²) >= 11 is 0. The second kappa shape index (κ2) is 9.79. The van der Waals surface area contributed by atoms with Crippen LogP contribution in [0.2, 0.25) is 0 Å². The molecule has 192 valence electrons. The number of benzene rings is 1. The van der Waals surface area contributed by atoms with Gasteiger partial charge in [-0.05, 0) is 68.7 Å². The summed E-state index contributed by atoms with van der Waals surface area (Å²) in [5.41, 5.74) is -0.265. The molecule has 0 spiro atoms. The average Bonchev–Trinajstić information content (AvgIpc) is 2.99. The Kier molecular flexibility index (Phi) is 6.92. The third-order valence-corrected chi connectivity index (χ3v) is 6.49. The molecular formula is C25H27F3N4O4. The van der Waals surface area contributed by atoms with E-state index in [1.54, 1.807) is 26.0 Å². The van der Waals surface area contributed by atoms with Crippen LogP contribution in [0.4, 0.5) is 23.7 Å². The van der Waals surface area contributed by atoms with Gasteiger partial charge in [0.1, 0.15) is 17.0 Å². The number of imide groups is 1. The zero-order chi connectivity index (χ0) is 26.1. The van der Waals surface area contributed by atoms with Crippen molar-refractivity contribution in [2.45, 2.75) is 70.4 Å². The zero-order valence-electron chi connectivity index (χ0n) is 20.0. The number of nitrogens with zero attached hydrogens (tertiary/aromatic N) is 3. The number of hydrogen-bond acceptors (Lipinski definition) is 5. The molecule has 0 radical (unpaired) electrons. The van der Waals surface area contributed by atoms with Crippen molar-refractivity contribution in [3.63, 3.8) is 0 Å². The van der Waals surface area contributed by atoms with Crippen LogP contribution in [-0.2, 0) is 11.3 Å². The highest BCUT2D eigenvalue weighted by Gasteiger charge is 2.51. The number of aromatic nitrogens is 1. The van der Waals surface area contributed by atoms with Gasteiger partial charge in [0.2, 0.25) is 0 Å². The zero-order valence-corrected chi connectivity index (χ0v) is 20.0. The quantitative estimate of drug-likeness (QED) is 0.571. The van der Waals surface area contributed by atoms with Crippen LogP contribution < -0.4 is 15.0 Å². The number of nitrogens with one attached hydrogen (secondary N) is 1. The van der Waals surface area contributed by atoms with Crippen molar-refractivity contribution in [3.8, 4) is 5.75 Å². The van der Waals surface area contributed by atoms with E-state index in [0.29, 0.717) is 5.56 Å². The van der Waals surface area contributed by atoms with Crippen molar-refractivity contribution in [1.29, 1.82) is 0 Å². The Morgan fingerprint density at radius 1 is 1.11 bits per heavy atom. The minimum Gasteiger partial charge on any atom is -0.406 e. The van der Waals surface area contributed by atoms with Crippen molar-refractivity contribution in [3.05, 3.63) is 53.9 Å². The Morgan fingerprint density at radius 2 is 1.78 bits per heavy atom. The minimum absolute atomic E-state index is 0.0373. The number of carbonyl (C=O) groups is 3. The van der Waals surface area contributed by atoms with Crippen molar-refractivity contribution in [1.82, 2.24) is 15.2 Å². The van der Waals surface area contributed by atoms with Gasteiger partial charge in [0.05, 0.1) is 5.69 Å². The maximum Gasteiger partial charge on any atom is 0.573 e. The number of ether oxygens (including phenoxy) is 1. The van der Waals surface area contributed by atoms with Gasteiger partial charge in [0.15, 0.2) is 0 Å². The van der Waals surface area contributed by atoms with Gasteiger partial charge in [-0.3, -0.25) is 14.6 Å². The summed E-state index contributed by atoms with van der Waals surface area (Å²) in [7, 11) is 0. The summed E-state index contributed by atoms with van der Waals surface area (Å²) in [6.45, 7) is 3.22. The lowest BCUT2D eigenvalue weighted by molar-refractivity contribution is -0.274. The van der Waals surface area contributed by atoms with E-state index in [1.807, 2.05) is 0 Å². The fourth-order valence-electron chi connectivity index (χ4n) is 4.51. The summed E-state index contributed by atoms with van der Waals surface area (Å²) < 4.78 is 41.2. The molecule has 1 N–H and O–H groups in total. The summed E-state index contributed by atoms with van der Waals surface area (Å²) in [4.78, 5) is 45.5. The lowest BCUT2D eigenvalue weighted by Crippen LogP contribution is -2.43. The van der Waals surface area contributed by atoms with Gasteiger partial charge in [0, 0.05) is 18.8 Å². The van der Waals surface area contributed by atoms with Crippen LogP contribution in [0, 0.1) is 0 Å². The van der Waals surface area contributed by atoms with Crippen molar-refractivity contribution >= 4 is 23.5 Å². The Bertz CT molecular complexity index is 1140. The number of hydrogen-bond donors (Lipinski definition) is 1. The monoisotopic (exact) mass is 504 g/mol. The highest BCUT2D eigenvalue weighted by atomic mass is 19.4. The van der Waals surface area contributed by atoms with Crippen LogP contribution in [-0.4, -0.2) is 45.7 Å². The predicted octanol–water partition coefficient (Wildman–Crippen LogP) is 4.79. The lowest BCUT2D eigenvalue weighted by atomic mass is 9.95. The standard InChI is InChI=1S/C25H27F3N4O4/c1-24(2)22(34)32(18-8-10-19(11-9-18)36-25(26,27)28)23(35)31(24)15-16-12-13-29-20(14-16)21(33)30-17-6-4-3-5-7-17/h8-14,17H,3-7,15H2,1-2H3,(H,30,33). The predicted molar refractivity (Wildman–Crippen MR) is 124 cm³/mol. The number of halogens is 3. The van der Waals surface area contributed by atoms with E-state index < -0.39 is 29.6 Å². The van der Waals surface area contributed by atoms with Gasteiger partial charge in [-0.25, -0.2) is 9.69 Å². The number of urea groups is 1. The number of anilines is 1. The lowest BCUT2D eigenvalue weighted by Gasteiger charge is -2.28. The van der Waals surface area contributed by atoms with E-state index in [4.69, 9.17) is 0 Å².